The third-order valence-corrected chi connectivity index (χ3v) is 3.93. The van der Waals surface area contributed by atoms with Crippen LogP contribution in [0.1, 0.15) is 12.0 Å². The number of fused-ring (bicyclic) bond motifs is 1. The lowest BCUT2D eigenvalue weighted by Gasteiger charge is -2.09. The molecule has 0 bridgehead atoms. The molecule has 1 aromatic heterocycles. The highest BCUT2D eigenvalue weighted by Crippen LogP contribution is 2.23. The first-order valence-electron chi connectivity index (χ1n) is 8.21. The molecule has 0 aliphatic rings. The largest absolute Gasteiger partial charge is 0.461 e. The Bertz CT molecular complexity index is 994. The van der Waals surface area contributed by atoms with Crippen molar-refractivity contribution in [1.82, 2.24) is 4.98 Å². The van der Waals surface area contributed by atoms with Crippen LogP contribution in [0.5, 0.6) is 0 Å². The van der Waals surface area contributed by atoms with Crippen LogP contribution in [-0.2, 0) is 16.1 Å². The number of halogens is 1. The Hall–Kier alpha value is -3.55. The number of nitrogens with zero attached hydrogens (tertiary/aromatic N) is 2. The summed E-state index contributed by atoms with van der Waals surface area (Å²) in [5.74, 6) is -0.865. The van der Waals surface area contributed by atoms with Gasteiger partial charge in [0.15, 0.2) is 0 Å². The van der Waals surface area contributed by atoms with Gasteiger partial charge in [-0.3, -0.25) is 19.9 Å². The number of carbonyl (C=O) groups is 1. The van der Waals surface area contributed by atoms with Gasteiger partial charge in [0.25, 0.3) is 5.69 Å². The standard InChI is InChI=1S/C19H16FN3O4/c20-15-8-7-13(19-14(15)4-3-10-22-19)12-27-18(24)9-11-21-16-5-1-2-6-17(16)23(25)26/h1-8,10,21H,9,11-12H2. The van der Waals surface area contributed by atoms with Crippen LogP contribution >= 0.6 is 0 Å². The maximum atomic E-state index is 13.8. The van der Waals surface area contributed by atoms with E-state index in [1.165, 1.54) is 18.2 Å². The van der Waals surface area contributed by atoms with E-state index in [-0.39, 0.29) is 31.1 Å². The van der Waals surface area contributed by atoms with E-state index in [1.807, 2.05) is 0 Å². The fourth-order valence-corrected chi connectivity index (χ4v) is 2.62. The second-order valence-electron chi connectivity index (χ2n) is 5.72. The molecule has 0 fully saturated rings. The van der Waals surface area contributed by atoms with Crippen LogP contribution in [0.25, 0.3) is 10.9 Å². The monoisotopic (exact) mass is 369 g/mol. The summed E-state index contributed by atoms with van der Waals surface area (Å²) >= 11 is 0. The number of para-hydroxylation sites is 2. The van der Waals surface area contributed by atoms with E-state index in [9.17, 15) is 19.3 Å². The molecule has 0 saturated carbocycles. The van der Waals surface area contributed by atoms with Crippen LogP contribution in [0.3, 0.4) is 0 Å². The summed E-state index contributed by atoms with van der Waals surface area (Å²) < 4.78 is 19.0. The first kappa shape index (κ1) is 18.2. The first-order valence-corrected chi connectivity index (χ1v) is 8.21. The van der Waals surface area contributed by atoms with E-state index in [0.717, 1.165) is 0 Å². The van der Waals surface area contributed by atoms with Crippen molar-refractivity contribution in [2.24, 2.45) is 0 Å². The highest BCUT2D eigenvalue weighted by molar-refractivity contribution is 5.82. The zero-order chi connectivity index (χ0) is 19.2. The van der Waals surface area contributed by atoms with Crippen molar-refractivity contribution in [2.75, 3.05) is 11.9 Å². The molecule has 0 spiro atoms. The van der Waals surface area contributed by atoms with Crippen molar-refractivity contribution in [2.45, 2.75) is 13.0 Å². The third-order valence-electron chi connectivity index (χ3n) is 3.93. The molecule has 7 nitrogen and oxygen atoms in total. The molecule has 8 heteroatoms. The number of ether oxygens (including phenoxy) is 1. The summed E-state index contributed by atoms with van der Waals surface area (Å²) in [4.78, 5) is 26.5. The molecule has 0 unspecified atom stereocenters. The van der Waals surface area contributed by atoms with Gasteiger partial charge in [-0.1, -0.05) is 18.2 Å². The average Bonchev–Trinajstić information content (AvgIpc) is 2.68. The Kier molecular flexibility index (Phi) is 5.55. The molecular formula is C19H16FN3O4. The zero-order valence-corrected chi connectivity index (χ0v) is 14.2. The topological polar surface area (TPSA) is 94.4 Å². The number of benzene rings is 2. The lowest BCUT2D eigenvalue weighted by atomic mass is 10.1. The quantitative estimate of drug-likeness (QED) is 0.386. The summed E-state index contributed by atoms with van der Waals surface area (Å²) in [5, 5.41) is 14.2. The molecule has 0 amide bonds. The lowest BCUT2D eigenvalue weighted by molar-refractivity contribution is -0.384. The van der Waals surface area contributed by atoms with Crippen molar-refractivity contribution in [3.8, 4) is 0 Å². The number of anilines is 1. The van der Waals surface area contributed by atoms with Gasteiger partial charge in [0.1, 0.15) is 18.1 Å². The van der Waals surface area contributed by atoms with Crippen LogP contribution in [-0.4, -0.2) is 22.4 Å². The van der Waals surface area contributed by atoms with Crippen LogP contribution in [0.15, 0.2) is 54.7 Å². The number of rotatable bonds is 7. The van der Waals surface area contributed by atoms with Gasteiger partial charge in [0, 0.05) is 29.8 Å². The molecule has 0 aliphatic heterocycles. The van der Waals surface area contributed by atoms with Crippen molar-refractivity contribution < 1.29 is 18.8 Å². The minimum Gasteiger partial charge on any atom is -0.461 e. The first-order chi connectivity index (χ1) is 13.1. The molecule has 0 radical (unpaired) electrons. The third kappa shape index (κ3) is 4.35. The van der Waals surface area contributed by atoms with Gasteiger partial charge in [0.05, 0.1) is 16.9 Å². The molecule has 1 N–H and O–H groups in total. The summed E-state index contributed by atoms with van der Waals surface area (Å²) in [7, 11) is 0. The Morgan fingerprint density at radius 3 is 2.81 bits per heavy atom. The van der Waals surface area contributed by atoms with Gasteiger partial charge < -0.3 is 10.1 Å². The number of hydrogen-bond donors (Lipinski definition) is 1. The van der Waals surface area contributed by atoms with Crippen LogP contribution in [0, 0.1) is 15.9 Å². The lowest BCUT2D eigenvalue weighted by Crippen LogP contribution is -2.12. The van der Waals surface area contributed by atoms with Gasteiger partial charge >= 0.3 is 5.97 Å². The van der Waals surface area contributed by atoms with Crippen molar-refractivity contribution in [3.05, 3.63) is 76.2 Å². The molecule has 3 aromatic rings. The maximum Gasteiger partial charge on any atom is 0.307 e. The zero-order valence-electron chi connectivity index (χ0n) is 14.2. The van der Waals surface area contributed by atoms with E-state index >= 15 is 0 Å². The molecule has 3 rings (SSSR count). The Labute approximate surface area is 153 Å². The molecule has 0 saturated heterocycles. The van der Waals surface area contributed by atoms with Crippen LogP contribution in [0.4, 0.5) is 15.8 Å². The number of nitro benzene ring substituents is 1. The number of nitrogens with one attached hydrogen (secondary N) is 1. The van der Waals surface area contributed by atoms with Gasteiger partial charge in [-0.05, 0) is 24.3 Å². The normalized spacial score (nSPS) is 10.6. The van der Waals surface area contributed by atoms with E-state index in [0.29, 0.717) is 22.2 Å². The van der Waals surface area contributed by atoms with Gasteiger partial charge in [-0.15, -0.1) is 0 Å². The number of esters is 1. The van der Waals surface area contributed by atoms with Crippen molar-refractivity contribution in [3.63, 3.8) is 0 Å². The fourth-order valence-electron chi connectivity index (χ4n) is 2.62. The Balaban J connectivity index is 1.55. The minimum absolute atomic E-state index is 0.0264. The van der Waals surface area contributed by atoms with E-state index < -0.39 is 10.9 Å². The van der Waals surface area contributed by atoms with Gasteiger partial charge in [-0.25, -0.2) is 4.39 Å². The van der Waals surface area contributed by atoms with Gasteiger partial charge in [-0.2, -0.15) is 0 Å². The van der Waals surface area contributed by atoms with Crippen molar-refractivity contribution >= 4 is 28.2 Å². The molecule has 1 heterocycles. The number of nitro groups is 1. The summed E-state index contributed by atoms with van der Waals surface area (Å²) in [6, 6.07) is 12.3. The minimum atomic E-state index is -0.493. The maximum absolute atomic E-state index is 13.8. The molecule has 2 aromatic carbocycles. The van der Waals surface area contributed by atoms with Crippen LogP contribution < -0.4 is 5.32 Å². The van der Waals surface area contributed by atoms with Crippen LogP contribution in [0.2, 0.25) is 0 Å². The SMILES string of the molecule is O=C(CCNc1ccccc1[N+](=O)[O-])OCc1ccc(F)c2cccnc12. The fraction of sp³-hybridized carbons (Fsp3) is 0.158. The van der Waals surface area contributed by atoms with Gasteiger partial charge in [0.2, 0.25) is 0 Å². The molecule has 27 heavy (non-hydrogen) atoms. The molecular weight excluding hydrogens is 353 g/mol. The van der Waals surface area contributed by atoms with E-state index in [1.54, 1.807) is 36.5 Å². The second kappa shape index (κ2) is 8.22. The highest BCUT2D eigenvalue weighted by Gasteiger charge is 2.13. The number of carbonyl (C=O) groups excluding carboxylic acids is 1. The summed E-state index contributed by atoms with van der Waals surface area (Å²) in [6.07, 6.45) is 1.57. The van der Waals surface area contributed by atoms with E-state index in [4.69, 9.17) is 4.74 Å². The second-order valence-corrected chi connectivity index (χ2v) is 5.72. The van der Waals surface area contributed by atoms with E-state index in [2.05, 4.69) is 10.3 Å². The summed E-state index contributed by atoms with van der Waals surface area (Å²) in [5.41, 5.74) is 1.33. The predicted octanol–water partition coefficient (Wildman–Crippen LogP) is 3.83. The Morgan fingerprint density at radius 1 is 1.19 bits per heavy atom. The Morgan fingerprint density at radius 2 is 2.00 bits per heavy atom. The number of aromatic nitrogens is 1. The predicted molar refractivity (Wildman–Crippen MR) is 97.7 cm³/mol. The van der Waals surface area contributed by atoms with Crippen molar-refractivity contribution in [1.29, 1.82) is 0 Å². The smallest absolute Gasteiger partial charge is 0.307 e. The molecule has 138 valence electrons. The highest BCUT2D eigenvalue weighted by atomic mass is 19.1. The number of pyridine rings is 1. The summed E-state index contributed by atoms with van der Waals surface area (Å²) in [6.45, 7) is 0.157. The molecule has 0 atom stereocenters. The average molecular weight is 369 g/mol. The molecule has 0 aliphatic carbocycles. The number of hydrogen-bond acceptors (Lipinski definition) is 6.